The molecule has 0 aliphatic rings. The highest BCUT2D eigenvalue weighted by Gasteiger charge is 2.13. The van der Waals surface area contributed by atoms with Crippen LogP contribution in [0.4, 0.5) is 8.78 Å². The van der Waals surface area contributed by atoms with Gasteiger partial charge >= 0.3 is 0 Å². The lowest BCUT2D eigenvalue weighted by molar-refractivity contribution is 0.276. The van der Waals surface area contributed by atoms with E-state index in [2.05, 4.69) is 9.97 Å². The van der Waals surface area contributed by atoms with Crippen molar-refractivity contribution in [3.8, 4) is 11.4 Å². The molecule has 82 valence electrons. The van der Waals surface area contributed by atoms with Crippen LogP contribution in [-0.2, 0) is 6.61 Å². The number of aliphatic hydroxyl groups excluding tert-OH is 1. The summed E-state index contributed by atoms with van der Waals surface area (Å²) >= 11 is 0. The van der Waals surface area contributed by atoms with Crippen LogP contribution in [0.2, 0.25) is 0 Å². The second-order valence-electron chi connectivity index (χ2n) is 3.13. The molecule has 1 N–H and O–H groups in total. The van der Waals surface area contributed by atoms with Gasteiger partial charge in [0.25, 0.3) is 0 Å². The van der Waals surface area contributed by atoms with Crippen molar-refractivity contribution in [2.45, 2.75) is 6.61 Å². The van der Waals surface area contributed by atoms with Crippen molar-refractivity contribution in [3.05, 3.63) is 47.8 Å². The Bertz CT molecular complexity index is 497. The van der Waals surface area contributed by atoms with Gasteiger partial charge in [-0.3, -0.25) is 0 Å². The zero-order valence-electron chi connectivity index (χ0n) is 8.19. The van der Waals surface area contributed by atoms with Gasteiger partial charge < -0.3 is 5.11 Å². The second-order valence-corrected chi connectivity index (χ2v) is 3.13. The largest absolute Gasteiger partial charge is 0.390 e. The summed E-state index contributed by atoms with van der Waals surface area (Å²) in [6.07, 6.45) is 1.35. The second kappa shape index (κ2) is 4.32. The lowest BCUT2D eigenvalue weighted by atomic mass is 10.2. The predicted octanol–water partition coefficient (Wildman–Crippen LogP) is 1.91. The third-order valence-electron chi connectivity index (χ3n) is 2.06. The molecule has 0 bridgehead atoms. The van der Waals surface area contributed by atoms with Gasteiger partial charge in [-0.2, -0.15) is 0 Å². The van der Waals surface area contributed by atoms with Gasteiger partial charge in [0.05, 0.1) is 17.9 Å². The van der Waals surface area contributed by atoms with Crippen molar-refractivity contribution >= 4 is 0 Å². The average molecular weight is 222 g/mol. The number of rotatable bonds is 2. The molecule has 0 fully saturated rings. The fraction of sp³-hybridized carbons (Fsp3) is 0.0909. The van der Waals surface area contributed by atoms with Gasteiger partial charge in [-0.15, -0.1) is 0 Å². The Morgan fingerprint density at radius 3 is 2.44 bits per heavy atom. The Morgan fingerprint density at radius 2 is 1.81 bits per heavy atom. The lowest BCUT2D eigenvalue weighted by Gasteiger charge is -2.04. The topological polar surface area (TPSA) is 46.0 Å². The number of nitrogens with zero attached hydrogens (tertiary/aromatic N) is 2. The summed E-state index contributed by atoms with van der Waals surface area (Å²) in [5, 5.41) is 8.87. The standard InChI is InChI=1S/C11H8F2N2O/c12-8-2-1-3-9(13)10(8)11-14-5-4-7(6-16)15-11/h1-5,16H,6H2. The van der Waals surface area contributed by atoms with E-state index in [1.807, 2.05) is 0 Å². The van der Waals surface area contributed by atoms with Crippen molar-refractivity contribution in [3.63, 3.8) is 0 Å². The van der Waals surface area contributed by atoms with Crippen LogP contribution in [0, 0.1) is 11.6 Å². The van der Waals surface area contributed by atoms with E-state index in [0.717, 1.165) is 12.1 Å². The quantitative estimate of drug-likeness (QED) is 0.844. The highest BCUT2D eigenvalue weighted by Crippen LogP contribution is 2.22. The first kappa shape index (κ1) is 10.6. The molecule has 1 aromatic carbocycles. The third-order valence-corrected chi connectivity index (χ3v) is 2.06. The number of aliphatic hydroxyl groups is 1. The molecule has 0 aliphatic carbocycles. The van der Waals surface area contributed by atoms with Gasteiger partial charge in [-0.25, -0.2) is 18.7 Å². The average Bonchev–Trinajstić information content (AvgIpc) is 2.29. The Hall–Kier alpha value is -1.88. The fourth-order valence-corrected chi connectivity index (χ4v) is 1.32. The third kappa shape index (κ3) is 1.90. The van der Waals surface area contributed by atoms with Crippen molar-refractivity contribution < 1.29 is 13.9 Å². The van der Waals surface area contributed by atoms with Crippen molar-refractivity contribution in [1.29, 1.82) is 0 Å². The van der Waals surface area contributed by atoms with Crippen LogP contribution < -0.4 is 0 Å². The van der Waals surface area contributed by atoms with Crippen LogP contribution in [0.15, 0.2) is 30.5 Å². The molecular weight excluding hydrogens is 214 g/mol. The van der Waals surface area contributed by atoms with E-state index in [4.69, 9.17) is 5.11 Å². The molecule has 0 radical (unpaired) electrons. The Morgan fingerprint density at radius 1 is 1.12 bits per heavy atom. The molecule has 3 nitrogen and oxygen atoms in total. The highest BCUT2D eigenvalue weighted by molar-refractivity contribution is 5.56. The Kier molecular flexibility index (Phi) is 2.87. The monoisotopic (exact) mass is 222 g/mol. The van der Waals surface area contributed by atoms with Crippen molar-refractivity contribution in [2.24, 2.45) is 0 Å². The number of halogens is 2. The fourth-order valence-electron chi connectivity index (χ4n) is 1.32. The summed E-state index contributed by atoms with van der Waals surface area (Å²) in [5.41, 5.74) is 0.0328. The van der Waals surface area contributed by atoms with E-state index in [0.29, 0.717) is 5.69 Å². The molecule has 0 atom stereocenters. The predicted molar refractivity (Wildman–Crippen MR) is 53.3 cm³/mol. The molecule has 5 heteroatoms. The molecule has 0 amide bonds. The van der Waals surface area contributed by atoms with Gasteiger partial charge in [0.15, 0.2) is 5.82 Å². The number of aromatic nitrogens is 2. The molecule has 0 saturated heterocycles. The first-order valence-corrected chi connectivity index (χ1v) is 4.59. The van der Waals surface area contributed by atoms with Gasteiger partial charge in [-0.05, 0) is 18.2 Å². The SMILES string of the molecule is OCc1ccnc(-c2c(F)cccc2F)n1. The number of benzene rings is 1. The lowest BCUT2D eigenvalue weighted by Crippen LogP contribution is -1.98. The van der Waals surface area contributed by atoms with Crippen LogP contribution in [-0.4, -0.2) is 15.1 Å². The van der Waals surface area contributed by atoms with E-state index in [9.17, 15) is 8.78 Å². The zero-order chi connectivity index (χ0) is 11.5. The molecule has 2 aromatic rings. The number of hydrogen-bond donors (Lipinski definition) is 1. The van der Waals surface area contributed by atoms with E-state index in [1.54, 1.807) is 0 Å². The maximum atomic E-state index is 13.4. The van der Waals surface area contributed by atoms with E-state index in [1.165, 1.54) is 18.3 Å². The van der Waals surface area contributed by atoms with Crippen LogP contribution >= 0.6 is 0 Å². The normalized spacial score (nSPS) is 10.4. The summed E-state index contributed by atoms with van der Waals surface area (Å²) < 4.78 is 26.8. The Labute approximate surface area is 90.4 Å². The molecule has 1 heterocycles. The molecule has 1 aromatic heterocycles. The van der Waals surface area contributed by atoms with Crippen LogP contribution in [0.1, 0.15) is 5.69 Å². The van der Waals surface area contributed by atoms with Gasteiger partial charge in [0.1, 0.15) is 11.6 Å². The van der Waals surface area contributed by atoms with E-state index < -0.39 is 11.6 Å². The van der Waals surface area contributed by atoms with Crippen LogP contribution in [0.25, 0.3) is 11.4 Å². The molecule has 0 unspecified atom stereocenters. The molecule has 0 aliphatic heterocycles. The van der Waals surface area contributed by atoms with Gasteiger partial charge in [-0.1, -0.05) is 6.07 Å². The highest BCUT2D eigenvalue weighted by atomic mass is 19.1. The summed E-state index contributed by atoms with van der Waals surface area (Å²) in [6, 6.07) is 5.01. The number of hydrogen-bond acceptors (Lipinski definition) is 3. The first-order valence-electron chi connectivity index (χ1n) is 4.59. The summed E-state index contributed by atoms with van der Waals surface area (Å²) in [6.45, 7) is -0.300. The molecule has 0 spiro atoms. The minimum atomic E-state index is -0.727. The van der Waals surface area contributed by atoms with E-state index >= 15 is 0 Å². The minimum Gasteiger partial charge on any atom is -0.390 e. The minimum absolute atomic E-state index is 0.0675. The molecule has 0 saturated carbocycles. The van der Waals surface area contributed by atoms with E-state index in [-0.39, 0.29) is 18.0 Å². The summed E-state index contributed by atoms with van der Waals surface area (Å²) in [5.74, 6) is -1.52. The Balaban J connectivity index is 2.58. The van der Waals surface area contributed by atoms with Crippen molar-refractivity contribution in [2.75, 3.05) is 0 Å². The zero-order valence-corrected chi connectivity index (χ0v) is 8.19. The molecular formula is C11H8F2N2O. The molecule has 16 heavy (non-hydrogen) atoms. The van der Waals surface area contributed by atoms with Crippen LogP contribution in [0.3, 0.4) is 0 Å². The van der Waals surface area contributed by atoms with Gasteiger partial charge in [0, 0.05) is 6.20 Å². The van der Waals surface area contributed by atoms with Crippen LogP contribution in [0.5, 0.6) is 0 Å². The van der Waals surface area contributed by atoms with Gasteiger partial charge in [0.2, 0.25) is 0 Å². The van der Waals surface area contributed by atoms with Crippen molar-refractivity contribution in [1.82, 2.24) is 9.97 Å². The summed E-state index contributed by atoms with van der Waals surface area (Å²) in [4.78, 5) is 7.62. The maximum absolute atomic E-state index is 13.4. The summed E-state index contributed by atoms with van der Waals surface area (Å²) in [7, 11) is 0. The smallest absolute Gasteiger partial charge is 0.165 e. The molecule has 2 rings (SSSR count). The first-order chi connectivity index (χ1) is 7.72. The maximum Gasteiger partial charge on any atom is 0.165 e.